The lowest BCUT2D eigenvalue weighted by Crippen LogP contribution is -2.25. The van der Waals surface area contributed by atoms with Crippen molar-refractivity contribution in [1.29, 1.82) is 0 Å². The van der Waals surface area contributed by atoms with Crippen LogP contribution in [0, 0.1) is 5.92 Å². The summed E-state index contributed by atoms with van der Waals surface area (Å²) in [5, 5.41) is 0.833. The fourth-order valence-corrected chi connectivity index (χ4v) is 4.89. The zero-order valence-electron chi connectivity index (χ0n) is 8.18. The van der Waals surface area contributed by atoms with Crippen LogP contribution in [-0.2, 0) is 16.6 Å². The molecule has 7 heteroatoms. The van der Waals surface area contributed by atoms with Gasteiger partial charge in [0.05, 0.1) is 22.3 Å². The molecule has 2 heterocycles. The van der Waals surface area contributed by atoms with Gasteiger partial charge in [-0.3, -0.25) is 0 Å². The van der Waals surface area contributed by atoms with Crippen LogP contribution >= 0.6 is 27.3 Å². The molecule has 1 fully saturated rings. The molecule has 1 aliphatic rings. The van der Waals surface area contributed by atoms with E-state index in [0.717, 1.165) is 8.79 Å². The van der Waals surface area contributed by atoms with Crippen molar-refractivity contribution in [2.45, 2.75) is 13.5 Å². The molecule has 84 valence electrons. The second-order valence-corrected chi connectivity index (χ2v) is 8.24. The van der Waals surface area contributed by atoms with Crippen molar-refractivity contribution in [2.75, 3.05) is 12.3 Å². The molecular weight excluding hydrogens is 300 g/mol. The lowest BCUT2D eigenvalue weighted by molar-refractivity contribution is 0.408. The summed E-state index contributed by atoms with van der Waals surface area (Å²) in [6, 6.07) is 0. The van der Waals surface area contributed by atoms with Gasteiger partial charge < -0.3 is 0 Å². The number of thiazole rings is 1. The molecule has 1 aliphatic heterocycles. The molecule has 0 radical (unpaired) electrons. The van der Waals surface area contributed by atoms with Gasteiger partial charge in [0, 0.05) is 6.54 Å². The predicted molar refractivity (Wildman–Crippen MR) is 63.2 cm³/mol. The molecule has 1 unspecified atom stereocenters. The highest BCUT2D eigenvalue weighted by Gasteiger charge is 2.33. The number of hydrogen-bond acceptors (Lipinski definition) is 4. The minimum absolute atomic E-state index is 0.221. The highest BCUT2D eigenvalue weighted by Crippen LogP contribution is 2.25. The summed E-state index contributed by atoms with van der Waals surface area (Å²) in [4.78, 5) is 4.14. The molecule has 0 aromatic carbocycles. The second kappa shape index (κ2) is 4.12. The van der Waals surface area contributed by atoms with E-state index in [0.29, 0.717) is 13.1 Å². The zero-order chi connectivity index (χ0) is 11.1. The van der Waals surface area contributed by atoms with E-state index in [9.17, 15) is 8.42 Å². The van der Waals surface area contributed by atoms with E-state index in [4.69, 9.17) is 0 Å². The molecule has 0 N–H and O–H groups in total. The Balaban J connectivity index is 2.13. The highest BCUT2D eigenvalue weighted by atomic mass is 79.9. The normalized spacial score (nSPS) is 25.9. The molecule has 4 nitrogen and oxygen atoms in total. The fourth-order valence-electron chi connectivity index (χ4n) is 1.65. The molecule has 1 aromatic heterocycles. The largest absolute Gasteiger partial charge is 0.247 e. The van der Waals surface area contributed by atoms with Gasteiger partial charge in [0.25, 0.3) is 0 Å². The SMILES string of the molecule is CC1CN(Cc2ncc(Br)s2)S(=O)(=O)C1. The van der Waals surface area contributed by atoms with Crippen molar-refractivity contribution in [3.8, 4) is 0 Å². The van der Waals surface area contributed by atoms with E-state index in [1.54, 1.807) is 6.20 Å². The molecule has 0 saturated carbocycles. The van der Waals surface area contributed by atoms with Gasteiger partial charge in [-0.25, -0.2) is 13.4 Å². The average Bonchev–Trinajstić information content (AvgIpc) is 2.58. The summed E-state index contributed by atoms with van der Waals surface area (Å²) in [6.07, 6.45) is 1.70. The minimum Gasteiger partial charge on any atom is -0.247 e. The van der Waals surface area contributed by atoms with Crippen LogP contribution in [0.4, 0.5) is 0 Å². The fraction of sp³-hybridized carbons (Fsp3) is 0.625. The average molecular weight is 311 g/mol. The van der Waals surface area contributed by atoms with Crippen molar-refractivity contribution in [1.82, 2.24) is 9.29 Å². The molecule has 15 heavy (non-hydrogen) atoms. The Morgan fingerprint density at radius 3 is 2.93 bits per heavy atom. The summed E-state index contributed by atoms with van der Waals surface area (Å²) < 4.78 is 25.8. The Labute approximate surface area is 101 Å². The Hall–Kier alpha value is 0.0200. The Morgan fingerprint density at radius 2 is 2.47 bits per heavy atom. The van der Waals surface area contributed by atoms with Gasteiger partial charge in [-0.15, -0.1) is 11.3 Å². The summed E-state index contributed by atoms with van der Waals surface area (Å²) in [7, 11) is -3.04. The summed E-state index contributed by atoms with van der Waals surface area (Å²) >= 11 is 4.79. The third kappa shape index (κ3) is 2.58. The van der Waals surface area contributed by atoms with E-state index < -0.39 is 10.0 Å². The second-order valence-electron chi connectivity index (χ2n) is 3.73. The van der Waals surface area contributed by atoms with E-state index in [-0.39, 0.29) is 11.7 Å². The topological polar surface area (TPSA) is 50.3 Å². The molecule has 0 spiro atoms. The standard InChI is InChI=1S/C8H11BrN2O2S2/c1-6-3-11(15(12,13)5-6)4-8-10-2-7(9)14-8/h2,6H,3-5H2,1H3. The van der Waals surface area contributed by atoms with Gasteiger partial charge in [-0.1, -0.05) is 6.92 Å². The lowest BCUT2D eigenvalue weighted by atomic mass is 10.2. The number of hydrogen-bond donors (Lipinski definition) is 0. The lowest BCUT2D eigenvalue weighted by Gasteiger charge is -2.11. The number of aromatic nitrogens is 1. The van der Waals surface area contributed by atoms with E-state index in [1.165, 1.54) is 15.6 Å². The number of rotatable bonds is 2. The van der Waals surface area contributed by atoms with Crippen molar-refractivity contribution in [2.24, 2.45) is 5.92 Å². The quantitative estimate of drug-likeness (QED) is 0.835. The van der Waals surface area contributed by atoms with Crippen molar-refractivity contribution < 1.29 is 8.42 Å². The van der Waals surface area contributed by atoms with Gasteiger partial charge in [0.1, 0.15) is 5.01 Å². The van der Waals surface area contributed by atoms with Crippen LogP contribution in [0.2, 0.25) is 0 Å². The Morgan fingerprint density at radius 1 is 1.73 bits per heavy atom. The van der Waals surface area contributed by atoms with Crippen LogP contribution in [0.5, 0.6) is 0 Å². The summed E-state index contributed by atoms with van der Waals surface area (Å²) in [5.41, 5.74) is 0. The van der Waals surface area contributed by atoms with E-state index in [1.807, 2.05) is 6.92 Å². The number of nitrogens with zero attached hydrogens (tertiary/aromatic N) is 2. The predicted octanol–water partition coefficient (Wildman–Crippen LogP) is 1.69. The monoisotopic (exact) mass is 310 g/mol. The first kappa shape index (κ1) is 11.5. The van der Waals surface area contributed by atoms with Crippen LogP contribution in [0.1, 0.15) is 11.9 Å². The van der Waals surface area contributed by atoms with Crippen molar-refractivity contribution in [3.63, 3.8) is 0 Å². The van der Waals surface area contributed by atoms with Crippen LogP contribution in [0.3, 0.4) is 0 Å². The first-order chi connectivity index (χ1) is 6.97. The first-order valence-corrected chi connectivity index (χ1v) is 7.77. The molecular formula is C8H11BrN2O2S2. The Bertz CT molecular complexity index is 457. The van der Waals surface area contributed by atoms with Gasteiger partial charge in [-0.2, -0.15) is 4.31 Å². The van der Waals surface area contributed by atoms with Crippen molar-refractivity contribution in [3.05, 3.63) is 15.0 Å². The summed E-state index contributed by atoms with van der Waals surface area (Å²) in [5.74, 6) is 0.484. The molecule has 0 bridgehead atoms. The van der Waals surface area contributed by atoms with Crippen molar-refractivity contribution >= 4 is 37.3 Å². The molecule has 1 saturated heterocycles. The Kier molecular flexibility index (Phi) is 3.16. The third-order valence-corrected chi connectivity index (χ3v) is 5.76. The third-order valence-electron chi connectivity index (χ3n) is 2.24. The zero-order valence-corrected chi connectivity index (χ0v) is 11.4. The van der Waals surface area contributed by atoms with Gasteiger partial charge >= 0.3 is 0 Å². The first-order valence-electron chi connectivity index (χ1n) is 4.55. The maximum absolute atomic E-state index is 11.7. The van der Waals surface area contributed by atoms with Gasteiger partial charge in [-0.05, 0) is 21.8 Å². The van der Waals surface area contributed by atoms with Crippen LogP contribution in [-0.4, -0.2) is 30.0 Å². The van der Waals surface area contributed by atoms with Crippen LogP contribution in [0.25, 0.3) is 0 Å². The molecule has 1 aromatic rings. The van der Waals surface area contributed by atoms with E-state index >= 15 is 0 Å². The molecule has 0 aliphatic carbocycles. The molecule has 2 rings (SSSR count). The summed E-state index contributed by atoms with van der Waals surface area (Å²) in [6.45, 7) is 2.97. The van der Waals surface area contributed by atoms with Crippen LogP contribution < -0.4 is 0 Å². The smallest absolute Gasteiger partial charge is 0.214 e. The maximum Gasteiger partial charge on any atom is 0.214 e. The maximum atomic E-state index is 11.7. The van der Waals surface area contributed by atoms with Crippen LogP contribution in [0.15, 0.2) is 9.98 Å². The highest BCUT2D eigenvalue weighted by molar-refractivity contribution is 9.11. The van der Waals surface area contributed by atoms with E-state index in [2.05, 4.69) is 20.9 Å². The molecule has 1 atom stereocenters. The van der Waals surface area contributed by atoms with Gasteiger partial charge in [0.2, 0.25) is 10.0 Å². The minimum atomic E-state index is -3.04. The number of sulfonamides is 1. The molecule has 0 amide bonds. The van der Waals surface area contributed by atoms with Gasteiger partial charge in [0.15, 0.2) is 0 Å². The number of halogens is 1.